The second-order valence-corrected chi connectivity index (χ2v) is 6.23. The van der Waals surface area contributed by atoms with Gasteiger partial charge in [0.2, 0.25) is 0 Å². The van der Waals surface area contributed by atoms with E-state index in [2.05, 4.69) is 20.6 Å². The number of aromatic nitrogens is 4. The van der Waals surface area contributed by atoms with Crippen LogP contribution in [-0.2, 0) is 0 Å². The molecule has 0 radical (unpaired) electrons. The van der Waals surface area contributed by atoms with E-state index in [4.69, 9.17) is 16.1 Å². The molecule has 4 aromatic rings. The summed E-state index contributed by atoms with van der Waals surface area (Å²) >= 11 is 6.24. The summed E-state index contributed by atoms with van der Waals surface area (Å²) < 4.78 is 6.85. The number of nitrogens with zero attached hydrogens (tertiary/aromatic N) is 4. The van der Waals surface area contributed by atoms with Crippen LogP contribution in [0.4, 0.5) is 5.69 Å². The monoisotopic (exact) mass is 367 g/mol. The minimum Gasteiger partial charge on any atom is -0.360 e. The second-order valence-electron chi connectivity index (χ2n) is 5.83. The number of nitrogens with one attached hydrogen (secondary N) is 1. The largest absolute Gasteiger partial charge is 0.360 e. The molecule has 7 nitrogen and oxygen atoms in total. The molecule has 0 spiro atoms. The number of hydrogen-bond donors (Lipinski definition) is 1. The zero-order valence-electron chi connectivity index (χ0n) is 14.0. The Kier molecular flexibility index (Phi) is 3.93. The number of benzene rings is 1. The van der Waals surface area contributed by atoms with Gasteiger partial charge in [-0.05, 0) is 19.9 Å². The maximum absolute atomic E-state index is 12.8. The van der Waals surface area contributed by atoms with Gasteiger partial charge in [-0.25, -0.2) is 9.50 Å². The highest BCUT2D eigenvalue weighted by atomic mass is 35.5. The summed E-state index contributed by atoms with van der Waals surface area (Å²) in [5.41, 5.74) is 3.42. The predicted octanol–water partition coefficient (Wildman–Crippen LogP) is 3.91. The van der Waals surface area contributed by atoms with Gasteiger partial charge in [-0.2, -0.15) is 5.10 Å². The molecule has 3 heterocycles. The van der Waals surface area contributed by atoms with E-state index in [1.807, 2.05) is 25.1 Å². The Bertz CT molecular complexity index is 1130. The molecule has 0 saturated heterocycles. The van der Waals surface area contributed by atoms with E-state index >= 15 is 0 Å². The number of carbonyl (C=O) groups is 1. The van der Waals surface area contributed by atoms with Crippen molar-refractivity contribution in [3.8, 4) is 11.3 Å². The minimum absolute atomic E-state index is 0.329. The number of amides is 1. The Balaban J connectivity index is 1.70. The van der Waals surface area contributed by atoms with Gasteiger partial charge in [0.25, 0.3) is 5.91 Å². The molecule has 3 aromatic heterocycles. The van der Waals surface area contributed by atoms with Gasteiger partial charge in [0.1, 0.15) is 17.0 Å². The van der Waals surface area contributed by atoms with Crippen LogP contribution in [0.1, 0.15) is 21.8 Å². The molecule has 0 aliphatic carbocycles. The Morgan fingerprint density at radius 2 is 2.08 bits per heavy atom. The topological polar surface area (TPSA) is 85.3 Å². The first-order valence-electron chi connectivity index (χ1n) is 7.87. The van der Waals surface area contributed by atoms with Gasteiger partial charge in [0.05, 0.1) is 28.8 Å². The van der Waals surface area contributed by atoms with Crippen molar-refractivity contribution in [2.75, 3.05) is 5.32 Å². The van der Waals surface area contributed by atoms with E-state index in [1.165, 1.54) is 0 Å². The highest BCUT2D eigenvalue weighted by Gasteiger charge is 2.23. The molecule has 0 atom stereocenters. The van der Waals surface area contributed by atoms with Crippen LogP contribution in [0.15, 0.2) is 47.2 Å². The summed E-state index contributed by atoms with van der Waals surface area (Å²) in [7, 11) is 0. The lowest BCUT2D eigenvalue weighted by Crippen LogP contribution is -2.14. The molecular formula is C18H14ClN5O2. The average molecular weight is 368 g/mol. The van der Waals surface area contributed by atoms with Crippen molar-refractivity contribution in [3.63, 3.8) is 0 Å². The van der Waals surface area contributed by atoms with Crippen LogP contribution in [0.2, 0.25) is 5.02 Å². The number of anilines is 1. The molecule has 0 bridgehead atoms. The zero-order valence-corrected chi connectivity index (χ0v) is 14.8. The first-order chi connectivity index (χ1) is 12.5. The number of aryl methyl sites for hydroxylation is 2. The van der Waals surface area contributed by atoms with Crippen molar-refractivity contribution in [1.29, 1.82) is 0 Å². The van der Waals surface area contributed by atoms with Crippen molar-refractivity contribution in [2.45, 2.75) is 13.8 Å². The highest BCUT2D eigenvalue weighted by Crippen LogP contribution is 2.31. The number of hydrogen-bond acceptors (Lipinski definition) is 5. The Hall–Kier alpha value is -3.19. The SMILES string of the molecule is Cc1cc2ncc(NC(=O)c3c(-c4ccccc4Cl)noc3C)cn2n1. The number of rotatable bonds is 3. The molecule has 1 aromatic carbocycles. The first kappa shape index (κ1) is 16.3. The molecule has 26 heavy (non-hydrogen) atoms. The molecule has 1 amide bonds. The second kappa shape index (κ2) is 6.27. The van der Waals surface area contributed by atoms with Crippen LogP contribution in [-0.4, -0.2) is 25.7 Å². The van der Waals surface area contributed by atoms with E-state index in [9.17, 15) is 4.79 Å². The maximum atomic E-state index is 12.8. The van der Waals surface area contributed by atoms with Gasteiger partial charge < -0.3 is 9.84 Å². The van der Waals surface area contributed by atoms with Crippen LogP contribution in [0.3, 0.4) is 0 Å². The van der Waals surface area contributed by atoms with Gasteiger partial charge in [-0.1, -0.05) is 35.0 Å². The van der Waals surface area contributed by atoms with E-state index in [-0.39, 0.29) is 5.91 Å². The Morgan fingerprint density at radius 3 is 2.88 bits per heavy atom. The Labute approximate surface area is 153 Å². The average Bonchev–Trinajstić information content (AvgIpc) is 3.16. The molecule has 1 N–H and O–H groups in total. The summed E-state index contributed by atoms with van der Waals surface area (Å²) in [6.07, 6.45) is 3.28. The van der Waals surface area contributed by atoms with Crippen LogP contribution < -0.4 is 5.32 Å². The molecule has 0 aliphatic rings. The normalized spacial score (nSPS) is 11.0. The third-order valence-electron chi connectivity index (χ3n) is 3.91. The van der Waals surface area contributed by atoms with Crippen molar-refractivity contribution in [1.82, 2.24) is 19.8 Å². The molecule has 0 saturated carbocycles. The van der Waals surface area contributed by atoms with Crippen LogP contribution >= 0.6 is 11.6 Å². The minimum atomic E-state index is -0.358. The maximum Gasteiger partial charge on any atom is 0.261 e. The zero-order chi connectivity index (χ0) is 18.3. The molecule has 8 heteroatoms. The van der Waals surface area contributed by atoms with Gasteiger partial charge in [0, 0.05) is 11.6 Å². The van der Waals surface area contributed by atoms with Gasteiger partial charge >= 0.3 is 0 Å². The number of carbonyl (C=O) groups excluding carboxylic acids is 1. The van der Waals surface area contributed by atoms with Crippen molar-refractivity contribution >= 4 is 28.8 Å². The summed E-state index contributed by atoms with van der Waals surface area (Å²) in [5.74, 6) is 0.0464. The van der Waals surface area contributed by atoms with E-state index in [1.54, 1.807) is 36.0 Å². The van der Waals surface area contributed by atoms with Crippen molar-refractivity contribution in [2.24, 2.45) is 0 Å². The molecule has 4 rings (SSSR count). The predicted molar refractivity (Wildman–Crippen MR) is 97.4 cm³/mol. The fourth-order valence-electron chi connectivity index (χ4n) is 2.73. The third-order valence-corrected chi connectivity index (χ3v) is 4.24. The molecular weight excluding hydrogens is 354 g/mol. The lowest BCUT2D eigenvalue weighted by atomic mass is 10.1. The fourth-order valence-corrected chi connectivity index (χ4v) is 2.96. The quantitative estimate of drug-likeness (QED) is 0.593. The summed E-state index contributed by atoms with van der Waals surface area (Å²) in [6.45, 7) is 3.56. The summed E-state index contributed by atoms with van der Waals surface area (Å²) in [5, 5.41) is 11.6. The lowest BCUT2D eigenvalue weighted by molar-refractivity contribution is 0.102. The van der Waals surface area contributed by atoms with Crippen LogP contribution in [0.25, 0.3) is 16.9 Å². The molecule has 130 valence electrons. The van der Waals surface area contributed by atoms with E-state index in [0.717, 1.165) is 5.69 Å². The lowest BCUT2D eigenvalue weighted by Gasteiger charge is -2.06. The summed E-state index contributed by atoms with van der Waals surface area (Å²) in [6, 6.07) is 9.01. The molecule has 0 aliphatic heterocycles. The van der Waals surface area contributed by atoms with Crippen molar-refractivity contribution < 1.29 is 9.32 Å². The standard InChI is InChI=1S/C18H14ClN5O2/c1-10-7-15-20-8-12(9-24(15)22-10)21-18(25)16-11(2)26-23-17(16)13-5-3-4-6-14(13)19/h3-9H,1-2H3,(H,21,25). The number of halogens is 1. The third kappa shape index (κ3) is 2.82. The Morgan fingerprint density at radius 1 is 1.27 bits per heavy atom. The van der Waals surface area contributed by atoms with Gasteiger partial charge in [-0.3, -0.25) is 4.79 Å². The van der Waals surface area contributed by atoms with Gasteiger partial charge in [-0.15, -0.1) is 0 Å². The first-order valence-corrected chi connectivity index (χ1v) is 8.25. The fraction of sp³-hybridized carbons (Fsp3) is 0.111. The van der Waals surface area contributed by atoms with Crippen molar-refractivity contribution in [3.05, 3.63) is 64.8 Å². The van der Waals surface area contributed by atoms with E-state index in [0.29, 0.717) is 38.9 Å². The summed E-state index contributed by atoms with van der Waals surface area (Å²) in [4.78, 5) is 17.1. The van der Waals surface area contributed by atoms with Crippen LogP contribution in [0, 0.1) is 13.8 Å². The molecule has 0 unspecified atom stereocenters. The highest BCUT2D eigenvalue weighted by molar-refractivity contribution is 6.33. The molecule has 0 fully saturated rings. The van der Waals surface area contributed by atoms with E-state index < -0.39 is 0 Å². The van der Waals surface area contributed by atoms with Crippen LogP contribution in [0.5, 0.6) is 0 Å². The smallest absolute Gasteiger partial charge is 0.261 e. The van der Waals surface area contributed by atoms with Gasteiger partial charge in [0.15, 0.2) is 5.65 Å². The number of fused-ring (bicyclic) bond motifs is 1.